The maximum absolute atomic E-state index is 11.8. The van der Waals surface area contributed by atoms with Gasteiger partial charge in [-0.25, -0.2) is 0 Å². The van der Waals surface area contributed by atoms with Crippen molar-refractivity contribution >= 4 is 5.91 Å². The molecule has 1 heterocycles. The molecule has 1 saturated carbocycles. The van der Waals surface area contributed by atoms with E-state index in [4.69, 9.17) is 10.5 Å². The van der Waals surface area contributed by atoms with Crippen LogP contribution in [0.1, 0.15) is 38.5 Å². The van der Waals surface area contributed by atoms with Gasteiger partial charge in [-0.2, -0.15) is 0 Å². The van der Waals surface area contributed by atoms with Crippen molar-refractivity contribution in [3.05, 3.63) is 0 Å². The Bertz CT molecular complexity index is 227. The molecule has 1 aliphatic carbocycles. The van der Waals surface area contributed by atoms with E-state index in [1.165, 1.54) is 0 Å². The number of amides is 1. The van der Waals surface area contributed by atoms with Gasteiger partial charge in [0.05, 0.1) is 0 Å². The van der Waals surface area contributed by atoms with Gasteiger partial charge in [-0.3, -0.25) is 4.79 Å². The first-order valence-electron chi connectivity index (χ1n) is 5.95. The molecule has 2 aliphatic rings. The van der Waals surface area contributed by atoms with E-state index in [0.29, 0.717) is 0 Å². The minimum Gasteiger partial charge on any atom is -0.368 e. The van der Waals surface area contributed by atoms with E-state index >= 15 is 0 Å². The highest BCUT2D eigenvalue weighted by molar-refractivity contribution is 5.81. The fourth-order valence-corrected chi connectivity index (χ4v) is 2.39. The average Bonchev–Trinajstić information content (AvgIpc) is 2.66. The van der Waals surface area contributed by atoms with Crippen molar-refractivity contribution in [3.8, 4) is 0 Å². The molecular formula is C11H20N2O2. The number of nitrogens with two attached hydrogens (primary N) is 1. The van der Waals surface area contributed by atoms with Crippen LogP contribution in [0, 0.1) is 0 Å². The van der Waals surface area contributed by atoms with Crippen molar-refractivity contribution in [1.29, 1.82) is 0 Å². The lowest BCUT2D eigenvalue weighted by Crippen LogP contribution is -2.48. The molecule has 2 fully saturated rings. The van der Waals surface area contributed by atoms with Gasteiger partial charge in [0.15, 0.2) is 0 Å². The molecule has 1 aliphatic heterocycles. The molecule has 0 aromatic heterocycles. The van der Waals surface area contributed by atoms with E-state index in [1.54, 1.807) is 0 Å². The standard InChI is InChI=1S/C11H20N2O2/c12-8-4-3-5-9(8)13-11(14)10-6-1-2-7-15-10/h8-10H,1-7,12H2,(H,13,14). The molecule has 3 unspecified atom stereocenters. The molecule has 86 valence electrons. The second-order valence-electron chi connectivity index (χ2n) is 4.57. The van der Waals surface area contributed by atoms with Crippen LogP contribution in [0.25, 0.3) is 0 Å². The second-order valence-corrected chi connectivity index (χ2v) is 4.57. The van der Waals surface area contributed by atoms with Crippen LogP contribution in [0.5, 0.6) is 0 Å². The largest absolute Gasteiger partial charge is 0.368 e. The lowest BCUT2D eigenvalue weighted by atomic mass is 10.1. The van der Waals surface area contributed by atoms with Gasteiger partial charge in [-0.05, 0) is 38.5 Å². The molecule has 2 rings (SSSR count). The van der Waals surface area contributed by atoms with Gasteiger partial charge < -0.3 is 15.8 Å². The summed E-state index contributed by atoms with van der Waals surface area (Å²) in [6.45, 7) is 0.717. The monoisotopic (exact) mass is 212 g/mol. The number of nitrogens with one attached hydrogen (secondary N) is 1. The lowest BCUT2D eigenvalue weighted by Gasteiger charge is -2.25. The summed E-state index contributed by atoms with van der Waals surface area (Å²) in [6, 6.07) is 0.306. The van der Waals surface area contributed by atoms with Crippen molar-refractivity contribution in [2.75, 3.05) is 6.61 Å². The zero-order valence-electron chi connectivity index (χ0n) is 9.08. The van der Waals surface area contributed by atoms with Gasteiger partial charge in [-0.15, -0.1) is 0 Å². The Labute approximate surface area is 90.5 Å². The van der Waals surface area contributed by atoms with E-state index in [-0.39, 0.29) is 24.1 Å². The minimum absolute atomic E-state index is 0.0389. The Hall–Kier alpha value is -0.610. The summed E-state index contributed by atoms with van der Waals surface area (Å²) in [6.07, 6.45) is 5.95. The van der Waals surface area contributed by atoms with Crippen LogP contribution in [-0.2, 0) is 9.53 Å². The molecule has 4 nitrogen and oxygen atoms in total. The summed E-state index contributed by atoms with van der Waals surface area (Å²) in [5.74, 6) is 0.0389. The molecule has 0 spiro atoms. The molecular weight excluding hydrogens is 192 g/mol. The highest BCUT2D eigenvalue weighted by atomic mass is 16.5. The van der Waals surface area contributed by atoms with Gasteiger partial charge in [0, 0.05) is 18.7 Å². The third kappa shape index (κ3) is 2.69. The number of carbonyl (C=O) groups is 1. The Morgan fingerprint density at radius 1 is 1.20 bits per heavy atom. The lowest BCUT2D eigenvalue weighted by molar-refractivity contribution is -0.136. The van der Waals surface area contributed by atoms with Crippen LogP contribution < -0.4 is 11.1 Å². The van der Waals surface area contributed by atoms with Gasteiger partial charge in [0.25, 0.3) is 0 Å². The van der Waals surface area contributed by atoms with Crippen LogP contribution >= 0.6 is 0 Å². The maximum Gasteiger partial charge on any atom is 0.249 e. The molecule has 1 amide bonds. The first-order valence-corrected chi connectivity index (χ1v) is 5.95. The molecule has 4 heteroatoms. The molecule has 15 heavy (non-hydrogen) atoms. The van der Waals surface area contributed by atoms with Crippen molar-refractivity contribution in [1.82, 2.24) is 5.32 Å². The number of hydrogen-bond donors (Lipinski definition) is 2. The first kappa shape index (κ1) is 10.9. The number of rotatable bonds is 2. The first-order chi connectivity index (χ1) is 7.27. The smallest absolute Gasteiger partial charge is 0.249 e. The Morgan fingerprint density at radius 2 is 2.07 bits per heavy atom. The van der Waals surface area contributed by atoms with Crippen molar-refractivity contribution in [3.63, 3.8) is 0 Å². The van der Waals surface area contributed by atoms with Gasteiger partial charge in [-0.1, -0.05) is 0 Å². The topological polar surface area (TPSA) is 64.3 Å². The fourth-order valence-electron chi connectivity index (χ4n) is 2.39. The second kappa shape index (κ2) is 4.94. The molecule has 3 atom stereocenters. The van der Waals surface area contributed by atoms with E-state index < -0.39 is 0 Å². The van der Waals surface area contributed by atoms with Crippen LogP contribution in [0.4, 0.5) is 0 Å². The summed E-state index contributed by atoms with van der Waals surface area (Å²) < 4.78 is 5.43. The number of carbonyl (C=O) groups excluding carboxylic acids is 1. The summed E-state index contributed by atoms with van der Waals surface area (Å²) in [4.78, 5) is 11.8. The zero-order chi connectivity index (χ0) is 10.7. The normalized spacial score (nSPS) is 36.5. The molecule has 0 bridgehead atoms. The molecule has 1 saturated heterocycles. The number of ether oxygens (including phenoxy) is 1. The summed E-state index contributed by atoms with van der Waals surface area (Å²) in [5.41, 5.74) is 5.90. The summed E-state index contributed by atoms with van der Waals surface area (Å²) in [7, 11) is 0. The van der Waals surface area contributed by atoms with Gasteiger partial charge >= 0.3 is 0 Å². The molecule has 0 radical (unpaired) electrons. The van der Waals surface area contributed by atoms with Crippen LogP contribution in [0.2, 0.25) is 0 Å². The quantitative estimate of drug-likeness (QED) is 0.702. The Kier molecular flexibility index (Phi) is 3.59. The van der Waals surface area contributed by atoms with Crippen LogP contribution in [-0.4, -0.2) is 30.7 Å². The third-order valence-electron chi connectivity index (χ3n) is 3.37. The Morgan fingerprint density at radius 3 is 2.67 bits per heavy atom. The zero-order valence-corrected chi connectivity index (χ0v) is 9.08. The van der Waals surface area contributed by atoms with Crippen molar-refractivity contribution in [2.45, 2.75) is 56.7 Å². The van der Waals surface area contributed by atoms with Gasteiger partial charge in [0.1, 0.15) is 6.10 Å². The van der Waals surface area contributed by atoms with Crippen molar-refractivity contribution in [2.24, 2.45) is 5.73 Å². The van der Waals surface area contributed by atoms with Crippen LogP contribution in [0.15, 0.2) is 0 Å². The Balaban J connectivity index is 1.80. The predicted molar refractivity (Wildman–Crippen MR) is 57.3 cm³/mol. The SMILES string of the molecule is NC1CCCC1NC(=O)C1CCCCO1. The summed E-state index contributed by atoms with van der Waals surface area (Å²) in [5, 5.41) is 3.01. The highest BCUT2D eigenvalue weighted by Gasteiger charge is 2.29. The number of hydrogen-bond acceptors (Lipinski definition) is 3. The molecule has 0 aromatic rings. The van der Waals surface area contributed by atoms with E-state index in [1.807, 2.05) is 0 Å². The van der Waals surface area contributed by atoms with Crippen molar-refractivity contribution < 1.29 is 9.53 Å². The van der Waals surface area contributed by atoms with E-state index in [9.17, 15) is 4.79 Å². The average molecular weight is 212 g/mol. The molecule has 3 N–H and O–H groups in total. The maximum atomic E-state index is 11.8. The fraction of sp³-hybridized carbons (Fsp3) is 0.909. The van der Waals surface area contributed by atoms with E-state index in [0.717, 1.165) is 45.1 Å². The highest BCUT2D eigenvalue weighted by Crippen LogP contribution is 2.18. The summed E-state index contributed by atoms with van der Waals surface area (Å²) >= 11 is 0. The predicted octanol–water partition coefficient (Wildman–Crippen LogP) is 0.551. The van der Waals surface area contributed by atoms with Gasteiger partial charge in [0.2, 0.25) is 5.91 Å². The van der Waals surface area contributed by atoms with E-state index in [2.05, 4.69) is 5.32 Å². The van der Waals surface area contributed by atoms with Crippen LogP contribution in [0.3, 0.4) is 0 Å². The minimum atomic E-state index is -0.230. The third-order valence-corrected chi connectivity index (χ3v) is 3.37. The molecule has 0 aromatic carbocycles.